The van der Waals surface area contributed by atoms with Crippen LogP contribution in [-0.4, -0.2) is 22.7 Å². The fraction of sp³-hybridized carbons (Fsp3) is 0.611. The fourth-order valence-electron chi connectivity index (χ4n) is 2.89. The molecule has 3 rings (SSSR count). The minimum absolute atomic E-state index is 0.204. The molecule has 0 unspecified atom stereocenters. The van der Waals surface area contributed by atoms with Crippen LogP contribution in [0, 0.1) is 23.2 Å². The number of nitrogens with zero attached hydrogens (tertiary/aromatic N) is 1. The number of halogens is 1. The van der Waals surface area contributed by atoms with Crippen molar-refractivity contribution in [1.82, 2.24) is 4.98 Å². The van der Waals surface area contributed by atoms with Gasteiger partial charge in [0.2, 0.25) is 0 Å². The highest BCUT2D eigenvalue weighted by molar-refractivity contribution is 6.29. The summed E-state index contributed by atoms with van der Waals surface area (Å²) in [5.41, 5.74) is 2.13. The van der Waals surface area contributed by atoms with Gasteiger partial charge in [0.1, 0.15) is 5.15 Å². The lowest BCUT2D eigenvalue weighted by Crippen LogP contribution is -2.27. The van der Waals surface area contributed by atoms with Gasteiger partial charge in [0.15, 0.2) is 0 Å². The summed E-state index contributed by atoms with van der Waals surface area (Å²) in [6, 6.07) is 2.30. The zero-order chi connectivity index (χ0) is 15.6. The number of nitrogens with one attached hydrogen (secondary N) is 1. The first-order valence-electron chi connectivity index (χ1n) is 8.14. The largest absolute Gasteiger partial charge is 0.396 e. The molecule has 2 aliphatic carbocycles. The van der Waals surface area contributed by atoms with Gasteiger partial charge in [-0.25, -0.2) is 4.98 Å². The Morgan fingerprint density at radius 1 is 1.36 bits per heavy atom. The third-order valence-corrected chi connectivity index (χ3v) is 5.04. The van der Waals surface area contributed by atoms with E-state index in [0.29, 0.717) is 23.7 Å². The molecule has 0 amide bonds. The SMILES string of the molecule is CC1(C#Cc2cnc(Cl)cc2NC2CCC(CO)CC2)CC1. The fourth-order valence-corrected chi connectivity index (χ4v) is 3.05. The molecule has 1 heterocycles. The van der Waals surface area contributed by atoms with Crippen molar-refractivity contribution in [2.24, 2.45) is 11.3 Å². The van der Waals surface area contributed by atoms with Gasteiger partial charge in [-0.3, -0.25) is 0 Å². The molecule has 0 bridgehead atoms. The van der Waals surface area contributed by atoms with Crippen LogP contribution < -0.4 is 5.32 Å². The number of aliphatic hydroxyl groups excluding tert-OH is 1. The van der Waals surface area contributed by atoms with Gasteiger partial charge in [0.05, 0.1) is 11.3 Å². The Bertz CT molecular complexity index is 593. The van der Waals surface area contributed by atoms with E-state index in [1.165, 1.54) is 12.8 Å². The summed E-state index contributed by atoms with van der Waals surface area (Å²) in [6.07, 6.45) is 8.45. The first kappa shape index (κ1) is 15.6. The number of aliphatic hydroxyl groups is 1. The summed E-state index contributed by atoms with van der Waals surface area (Å²) in [5, 5.41) is 13.3. The van der Waals surface area contributed by atoms with Crippen LogP contribution in [0.4, 0.5) is 5.69 Å². The summed E-state index contributed by atoms with van der Waals surface area (Å²) >= 11 is 6.05. The van der Waals surface area contributed by atoms with Crippen LogP contribution >= 0.6 is 11.6 Å². The molecule has 0 aromatic carbocycles. The van der Waals surface area contributed by atoms with Crippen molar-refractivity contribution in [3.05, 3.63) is 23.0 Å². The molecule has 0 radical (unpaired) electrons. The van der Waals surface area contributed by atoms with E-state index in [1.54, 1.807) is 6.20 Å². The van der Waals surface area contributed by atoms with Crippen molar-refractivity contribution in [3.8, 4) is 11.8 Å². The average Bonchev–Trinajstić information content (AvgIpc) is 3.25. The maximum absolute atomic E-state index is 9.24. The van der Waals surface area contributed by atoms with Gasteiger partial charge in [-0.05, 0) is 57.4 Å². The van der Waals surface area contributed by atoms with Crippen LogP contribution in [0.25, 0.3) is 0 Å². The standard InChI is InChI=1S/C18H23ClN2O/c1-18(8-9-18)7-6-14-11-20-17(19)10-16(14)21-15-4-2-13(12-22)3-5-15/h10-11,13,15,22H,2-5,8-9,12H2,1H3,(H,20,21). The van der Waals surface area contributed by atoms with Gasteiger partial charge in [-0.1, -0.05) is 23.4 Å². The molecular weight excluding hydrogens is 296 g/mol. The average molecular weight is 319 g/mol. The van der Waals surface area contributed by atoms with E-state index in [2.05, 4.69) is 29.1 Å². The molecule has 4 heteroatoms. The van der Waals surface area contributed by atoms with Gasteiger partial charge >= 0.3 is 0 Å². The summed E-state index contributed by atoms with van der Waals surface area (Å²) in [5.74, 6) is 7.10. The topological polar surface area (TPSA) is 45.2 Å². The number of pyridine rings is 1. The van der Waals surface area contributed by atoms with E-state index >= 15 is 0 Å². The monoisotopic (exact) mass is 318 g/mol. The first-order chi connectivity index (χ1) is 10.6. The second kappa shape index (κ2) is 6.48. The van der Waals surface area contributed by atoms with Crippen LogP contribution in [0.2, 0.25) is 5.15 Å². The minimum Gasteiger partial charge on any atom is -0.396 e. The molecule has 0 saturated heterocycles. The Morgan fingerprint density at radius 2 is 2.09 bits per heavy atom. The smallest absolute Gasteiger partial charge is 0.131 e. The Morgan fingerprint density at radius 3 is 2.73 bits per heavy atom. The summed E-state index contributed by atoms with van der Waals surface area (Å²) in [4.78, 5) is 4.17. The molecule has 3 nitrogen and oxygen atoms in total. The van der Waals surface area contributed by atoms with Crippen LogP contribution in [0.5, 0.6) is 0 Å². The lowest BCUT2D eigenvalue weighted by atomic mass is 9.86. The molecule has 1 aromatic heterocycles. The highest BCUT2D eigenvalue weighted by Crippen LogP contribution is 2.44. The Hall–Kier alpha value is -1.24. The molecular formula is C18H23ClN2O. The number of anilines is 1. The molecule has 2 aliphatic rings. The quantitative estimate of drug-likeness (QED) is 0.657. The van der Waals surface area contributed by atoms with Crippen LogP contribution in [0.3, 0.4) is 0 Å². The predicted octanol–water partition coefficient (Wildman–Crippen LogP) is 3.85. The van der Waals surface area contributed by atoms with Crippen LogP contribution in [0.1, 0.15) is 51.0 Å². The molecule has 1 aromatic rings. The highest BCUT2D eigenvalue weighted by atomic mass is 35.5. The van der Waals surface area contributed by atoms with E-state index in [-0.39, 0.29) is 5.41 Å². The molecule has 2 N–H and O–H groups in total. The normalized spacial score (nSPS) is 26.0. The maximum atomic E-state index is 9.24. The van der Waals surface area contributed by atoms with Gasteiger partial charge in [0.25, 0.3) is 0 Å². The first-order valence-corrected chi connectivity index (χ1v) is 8.52. The van der Waals surface area contributed by atoms with Crippen molar-refractivity contribution in [1.29, 1.82) is 0 Å². The van der Waals surface area contributed by atoms with Gasteiger partial charge in [0, 0.05) is 24.3 Å². The minimum atomic E-state index is 0.204. The number of hydrogen-bond acceptors (Lipinski definition) is 3. The predicted molar refractivity (Wildman–Crippen MR) is 89.9 cm³/mol. The molecule has 2 fully saturated rings. The second-order valence-electron chi connectivity index (χ2n) is 6.91. The third kappa shape index (κ3) is 3.94. The van der Waals surface area contributed by atoms with E-state index in [1.807, 2.05) is 6.07 Å². The Labute approximate surface area is 137 Å². The molecule has 2 saturated carbocycles. The number of aromatic nitrogens is 1. The van der Waals surface area contributed by atoms with Gasteiger partial charge in [-0.15, -0.1) is 0 Å². The van der Waals surface area contributed by atoms with Crippen LogP contribution in [-0.2, 0) is 0 Å². The van der Waals surface area contributed by atoms with Crippen molar-refractivity contribution >= 4 is 17.3 Å². The summed E-state index contributed by atoms with van der Waals surface area (Å²) in [7, 11) is 0. The Kier molecular flexibility index (Phi) is 4.61. The molecule has 0 spiro atoms. The zero-order valence-electron chi connectivity index (χ0n) is 13.0. The lowest BCUT2D eigenvalue weighted by molar-refractivity contribution is 0.186. The van der Waals surface area contributed by atoms with Crippen molar-refractivity contribution in [2.45, 2.75) is 51.5 Å². The van der Waals surface area contributed by atoms with Crippen LogP contribution in [0.15, 0.2) is 12.3 Å². The van der Waals surface area contributed by atoms with Crippen molar-refractivity contribution in [2.75, 3.05) is 11.9 Å². The van der Waals surface area contributed by atoms with Gasteiger partial charge < -0.3 is 10.4 Å². The molecule has 0 aliphatic heterocycles. The highest BCUT2D eigenvalue weighted by Gasteiger charge is 2.35. The second-order valence-corrected chi connectivity index (χ2v) is 7.30. The molecule has 118 valence electrons. The summed E-state index contributed by atoms with van der Waals surface area (Å²) in [6.45, 7) is 2.51. The zero-order valence-corrected chi connectivity index (χ0v) is 13.8. The van der Waals surface area contributed by atoms with E-state index in [4.69, 9.17) is 11.6 Å². The molecule has 0 atom stereocenters. The third-order valence-electron chi connectivity index (χ3n) is 4.83. The maximum Gasteiger partial charge on any atom is 0.131 e. The lowest BCUT2D eigenvalue weighted by Gasteiger charge is -2.29. The molecule has 22 heavy (non-hydrogen) atoms. The Balaban J connectivity index is 1.71. The van der Waals surface area contributed by atoms with Crippen molar-refractivity contribution in [3.63, 3.8) is 0 Å². The number of rotatable bonds is 3. The van der Waals surface area contributed by atoms with E-state index < -0.39 is 0 Å². The van der Waals surface area contributed by atoms with Crippen molar-refractivity contribution < 1.29 is 5.11 Å². The van der Waals surface area contributed by atoms with E-state index in [0.717, 1.165) is 36.9 Å². The number of hydrogen-bond donors (Lipinski definition) is 2. The van der Waals surface area contributed by atoms with E-state index in [9.17, 15) is 5.11 Å². The van der Waals surface area contributed by atoms with Gasteiger partial charge in [-0.2, -0.15) is 0 Å². The summed E-state index contributed by atoms with van der Waals surface area (Å²) < 4.78 is 0.